The number of alkyl halides is 2. The summed E-state index contributed by atoms with van der Waals surface area (Å²) in [4.78, 5) is 37.9. The molecule has 3 fully saturated rings. The van der Waals surface area contributed by atoms with Gasteiger partial charge >= 0.3 is 0 Å². The van der Waals surface area contributed by atoms with Gasteiger partial charge in [-0.25, -0.2) is 13.2 Å². The van der Waals surface area contributed by atoms with E-state index in [4.69, 9.17) is 4.74 Å². The number of hydrogen-bond donors (Lipinski definition) is 2. The number of carbonyl (C=O) groups excluding carboxylic acids is 3. The van der Waals surface area contributed by atoms with Crippen LogP contribution in [0.25, 0.3) is 0 Å². The van der Waals surface area contributed by atoms with Gasteiger partial charge in [0.05, 0.1) is 12.6 Å². The highest BCUT2D eigenvalue weighted by atomic mass is 19.3. The van der Waals surface area contributed by atoms with Crippen LogP contribution in [0.3, 0.4) is 0 Å². The van der Waals surface area contributed by atoms with Crippen molar-refractivity contribution in [3.8, 4) is 0 Å². The molecule has 0 radical (unpaired) electrons. The number of amides is 3. The molecule has 3 atom stereocenters. The van der Waals surface area contributed by atoms with Crippen LogP contribution in [0.2, 0.25) is 0 Å². The van der Waals surface area contributed by atoms with E-state index in [-0.39, 0.29) is 67.4 Å². The van der Waals surface area contributed by atoms with Gasteiger partial charge in [0.15, 0.2) is 0 Å². The third-order valence-electron chi connectivity index (χ3n) is 7.76. The molecular formula is C25H30F3N3O4. The quantitative estimate of drug-likeness (QED) is 0.616. The van der Waals surface area contributed by atoms with Gasteiger partial charge in [-0.1, -0.05) is 6.07 Å². The summed E-state index contributed by atoms with van der Waals surface area (Å²) in [6, 6.07) is 2.32. The van der Waals surface area contributed by atoms with E-state index in [9.17, 15) is 23.2 Å². The molecule has 0 spiro atoms. The maximum absolute atomic E-state index is 15.6. The van der Waals surface area contributed by atoms with E-state index < -0.39 is 29.6 Å². The molecule has 0 aromatic heterocycles. The predicted octanol–water partition coefficient (Wildman–Crippen LogP) is 2.84. The fourth-order valence-corrected chi connectivity index (χ4v) is 5.77. The molecule has 190 valence electrons. The molecule has 3 aliphatic heterocycles. The Morgan fingerprint density at radius 1 is 1.11 bits per heavy atom. The monoisotopic (exact) mass is 493 g/mol. The lowest BCUT2D eigenvalue weighted by atomic mass is 9.89. The van der Waals surface area contributed by atoms with Gasteiger partial charge in [-0.2, -0.15) is 0 Å². The number of ether oxygens (including phenoxy) is 1. The van der Waals surface area contributed by atoms with E-state index in [0.29, 0.717) is 31.4 Å². The molecule has 35 heavy (non-hydrogen) atoms. The van der Waals surface area contributed by atoms with E-state index in [0.717, 1.165) is 12.8 Å². The van der Waals surface area contributed by atoms with Crippen LogP contribution < -0.4 is 10.6 Å². The zero-order valence-corrected chi connectivity index (χ0v) is 19.5. The summed E-state index contributed by atoms with van der Waals surface area (Å²) in [7, 11) is 0. The van der Waals surface area contributed by atoms with E-state index in [1.54, 1.807) is 12.1 Å². The Morgan fingerprint density at radius 3 is 2.63 bits per heavy atom. The number of piperidine rings is 1. The van der Waals surface area contributed by atoms with Crippen molar-refractivity contribution in [1.82, 2.24) is 15.5 Å². The minimum Gasteiger partial charge on any atom is -0.376 e. The second-order valence-electron chi connectivity index (χ2n) is 10.1. The normalized spacial score (nSPS) is 29.3. The molecule has 0 bridgehead atoms. The second kappa shape index (κ2) is 9.54. The molecule has 7 nitrogen and oxygen atoms in total. The van der Waals surface area contributed by atoms with Crippen LogP contribution >= 0.6 is 0 Å². The number of benzene rings is 1. The Labute approximate surface area is 201 Å². The maximum Gasteiger partial charge on any atom is 0.255 e. The van der Waals surface area contributed by atoms with Gasteiger partial charge in [0, 0.05) is 55.5 Å². The van der Waals surface area contributed by atoms with Crippen molar-refractivity contribution in [2.24, 2.45) is 0 Å². The molecule has 0 unspecified atom stereocenters. The lowest BCUT2D eigenvalue weighted by Crippen LogP contribution is -2.52. The SMILES string of the molecule is O=C1CC[C@H](N2Cc3c(ccc(C[C@H]4OCCC[C@@H]4NC4CCC(F)(F)CC4)c3F)C2=O)C(=O)N1. The number of nitrogens with zero attached hydrogens (tertiary/aromatic N) is 1. The first-order valence-electron chi connectivity index (χ1n) is 12.4. The summed E-state index contributed by atoms with van der Waals surface area (Å²) in [5.74, 6) is -4.39. The van der Waals surface area contributed by atoms with Crippen molar-refractivity contribution in [3.05, 3.63) is 34.6 Å². The Bertz CT molecular complexity index is 1020. The molecule has 1 aromatic carbocycles. The Morgan fingerprint density at radius 2 is 1.89 bits per heavy atom. The van der Waals surface area contributed by atoms with Crippen molar-refractivity contribution in [1.29, 1.82) is 0 Å². The van der Waals surface area contributed by atoms with Crippen molar-refractivity contribution in [2.45, 2.75) is 94.5 Å². The van der Waals surface area contributed by atoms with E-state index >= 15 is 4.39 Å². The van der Waals surface area contributed by atoms with E-state index in [2.05, 4.69) is 10.6 Å². The molecule has 5 rings (SSSR count). The molecule has 3 heterocycles. The number of imide groups is 1. The molecule has 1 aromatic rings. The Kier molecular flexibility index (Phi) is 6.61. The maximum atomic E-state index is 15.6. The predicted molar refractivity (Wildman–Crippen MR) is 119 cm³/mol. The molecular weight excluding hydrogens is 463 g/mol. The minimum absolute atomic E-state index is 0.00612. The first-order valence-corrected chi connectivity index (χ1v) is 12.4. The molecule has 10 heteroatoms. The van der Waals surface area contributed by atoms with E-state index in [1.807, 2.05) is 0 Å². The van der Waals surface area contributed by atoms with Crippen molar-refractivity contribution in [2.75, 3.05) is 6.61 Å². The third kappa shape index (κ3) is 4.95. The smallest absolute Gasteiger partial charge is 0.255 e. The van der Waals surface area contributed by atoms with Gasteiger partial charge in [0.25, 0.3) is 5.91 Å². The average molecular weight is 494 g/mol. The van der Waals surface area contributed by atoms with Gasteiger partial charge in [0.1, 0.15) is 11.9 Å². The van der Waals surface area contributed by atoms with E-state index in [1.165, 1.54) is 4.90 Å². The fraction of sp³-hybridized carbons (Fsp3) is 0.640. The number of carbonyl (C=O) groups is 3. The lowest BCUT2D eigenvalue weighted by molar-refractivity contribution is -0.136. The zero-order chi connectivity index (χ0) is 24.7. The minimum atomic E-state index is -2.59. The molecule has 1 aliphatic carbocycles. The average Bonchev–Trinajstić information content (AvgIpc) is 3.15. The Balaban J connectivity index is 1.28. The number of hydrogen-bond acceptors (Lipinski definition) is 5. The molecule has 2 saturated heterocycles. The van der Waals surface area contributed by atoms with Gasteiger partial charge in [-0.05, 0) is 43.7 Å². The largest absolute Gasteiger partial charge is 0.376 e. The van der Waals surface area contributed by atoms with Gasteiger partial charge in [-0.15, -0.1) is 0 Å². The second-order valence-corrected chi connectivity index (χ2v) is 10.1. The summed E-state index contributed by atoms with van der Waals surface area (Å²) in [6.45, 7) is 0.531. The summed E-state index contributed by atoms with van der Waals surface area (Å²) in [5, 5.41) is 5.73. The number of rotatable bonds is 5. The van der Waals surface area contributed by atoms with Crippen LogP contribution in [0.15, 0.2) is 12.1 Å². The highest BCUT2D eigenvalue weighted by molar-refractivity contribution is 6.05. The van der Waals surface area contributed by atoms with Crippen molar-refractivity contribution in [3.63, 3.8) is 0 Å². The van der Waals surface area contributed by atoms with Crippen LogP contribution in [-0.4, -0.2) is 59.4 Å². The summed E-state index contributed by atoms with van der Waals surface area (Å²) in [5.41, 5.74) is 0.918. The zero-order valence-electron chi connectivity index (χ0n) is 19.5. The summed E-state index contributed by atoms with van der Waals surface area (Å²) in [6.07, 6.45) is 2.58. The third-order valence-corrected chi connectivity index (χ3v) is 7.76. The first kappa shape index (κ1) is 24.2. The van der Waals surface area contributed by atoms with Gasteiger partial charge < -0.3 is 15.0 Å². The standard InChI is InChI=1S/C25H30F3N3O4/c26-22-14(12-20-18(2-1-11-35-20)29-15-7-9-25(27,28)10-8-15)3-4-16-17(22)13-31(24(16)34)19-5-6-21(32)30-23(19)33/h3-4,15,18-20,29H,1-2,5-13H2,(H,30,32,33)/t18-,19-,20+/m0/s1. The number of fused-ring (bicyclic) bond motifs is 1. The lowest BCUT2D eigenvalue weighted by Gasteiger charge is -2.37. The molecule has 4 aliphatic rings. The van der Waals surface area contributed by atoms with Crippen molar-refractivity contribution >= 4 is 17.7 Å². The fourth-order valence-electron chi connectivity index (χ4n) is 5.77. The molecule has 3 amide bonds. The van der Waals surface area contributed by atoms with Gasteiger partial charge in [0.2, 0.25) is 17.7 Å². The van der Waals surface area contributed by atoms with Crippen molar-refractivity contribution < 1.29 is 32.3 Å². The van der Waals surface area contributed by atoms with Gasteiger partial charge in [-0.3, -0.25) is 19.7 Å². The van der Waals surface area contributed by atoms with Crippen LogP contribution in [0.4, 0.5) is 13.2 Å². The highest BCUT2D eigenvalue weighted by Crippen LogP contribution is 2.35. The summed E-state index contributed by atoms with van der Waals surface area (Å²) >= 11 is 0. The van der Waals surface area contributed by atoms with Crippen LogP contribution in [0.5, 0.6) is 0 Å². The Hall–Kier alpha value is -2.46. The number of nitrogens with one attached hydrogen (secondary N) is 2. The van der Waals surface area contributed by atoms with Crippen LogP contribution in [0, 0.1) is 5.82 Å². The first-order chi connectivity index (χ1) is 16.7. The summed E-state index contributed by atoms with van der Waals surface area (Å²) < 4.78 is 48.6. The molecule has 1 saturated carbocycles. The number of halogens is 3. The topological polar surface area (TPSA) is 87.7 Å². The molecule has 2 N–H and O–H groups in total. The highest BCUT2D eigenvalue weighted by Gasteiger charge is 2.41. The van der Waals surface area contributed by atoms with Crippen LogP contribution in [0.1, 0.15) is 72.9 Å². The van der Waals surface area contributed by atoms with Crippen LogP contribution in [-0.2, 0) is 27.3 Å².